The van der Waals surface area contributed by atoms with Gasteiger partial charge in [-0.15, -0.1) is 0 Å². The van der Waals surface area contributed by atoms with E-state index in [0.717, 1.165) is 4.47 Å². The van der Waals surface area contributed by atoms with Crippen molar-refractivity contribution in [2.75, 3.05) is 0 Å². The number of rotatable bonds is 4. The van der Waals surface area contributed by atoms with Crippen molar-refractivity contribution in [3.8, 4) is 5.75 Å². The minimum absolute atomic E-state index is 0.221. The normalized spacial score (nSPS) is 10.7. The van der Waals surface area contributed by atoms with E-state index in [9.17, 15) is 9.59 Å². The maximum atomic E-state index is 12.0. The van der Waals surface area contributed by atoms with E-state index in [-0.39, 0.29) is 10.6 Å². The van der Waals surface area contributed by atoms with Crippen LogP contribution in [0, 0.1) is 0 Å². The molecule has 0 aliphatic heterocycles. The van der Waals surface area contributed by atoms with Crippen molar-refractivity contribution in [3.05, 3.63) is 62.0 Å². The van der Waals surface area contributed by atoms with Crippen molar-refractivity contribution in [3.63, 3.8) is 0 Å². The molecule has 0 heterocycles. The summed E-state index contributed by atoms with van der Waals surface area (Å²) in [6, 6.07) is 9.56. The molecule has 0 atom stereocenters. The standard InChI is InChI=1S/C16H11BrCl2N2O3/c1-9(22)24-15-5-2-11(17)6-10(15)8-20-21-16(23)13-4-3-12(18)7-14(13)19/h2-8H,1H3,(H,21,23)/b20-8-. The molecule has 0 aliphatic carbocycles. The molecule has 5 nitrogen and oxygen atoms in total. The van der Waals surface area contributed by atoms with Crippen LogP contribution >= 0.6 is 39.1 Å². The van der Waals surface area contributed by atoms with Crippen LogP contribution in [0.2, 0.25) is 10.0 Å². The summed E-state index contributed by atoms with van der Waals surface area (Å²) in [7, 11) is 0. The van der Waals surface area contributed by atoms with Gasteiger partial charge in [-0.25, -0.2) is 5.43 Å². The van der Waals surface area contributed by atoms with Gasteiger partial charge in [0.15, 0.2) is 0 Å². The molecule has 0 saturated heterocycles. The molecule has 0 bridgehead atoms. The van der Waals surface area contributed by atoms with E-state index in [4.69, 9.17) is 27.9 Å². The fourth-order valence-electron chi connectivity index (χ4n) is 1.76. The van der Waals surface area contributed by atoms with Gasteiger partial charge in [0.1, 0.15) is 5.75 Å². The van der Waals surface area contributed by atoms with E-state index < -0.39 is 11.9 Å². The number of benzene rings is 2. The zero-order valence-electron chi connectivity index (χ0n) is 12.3. The molecule has 2 aromatic rings. The van der Waals surface area contributed by atoms with Crippen molar-refractivity contribution in [2.45, 2.75) is 6.92 Å². The molecule has 124 valence electrons. The summed E-state index contributed by atoms with van der Waals surface area (Å²) in [5.41, 5.74) is 3.11. The van der Waals surface area contributed by atoms with E-state index >= 15 is 0 Å². The van der Waals surface area contributed by atoms with Crippen LogP contribution in [0.25, 0.3) is 0 Å². The average Bonchev–Trinajstić information content (AvgIpc) is 2.49. The molecule has 2 rings (SSSR count). The number of halogens is 3. The van der Waals surface area contributed by atoms with Gasteiger partial charge in [-0.3, -0.25) is 9.59 Å². The second-order valence-electron chi connectivity index (χ2n) is 4.60. The van der Waals surface area contributed by atoms with Crippen molar-refractivity contribution in [2.24, 2.45) is 5.10 Å². The number of hydrazone groups is 1. The maximum absolute atomic E-state index is 12.0. The lowest BCUT2D eigenvalue weighted by Crippen LogP contribution is -2.18. The van der Waals surface area contributed by atoms with Gasteiger partial charge in [0.05, 0.1) is 16.8 Å². The van der Waals surface area contributed by atoms with Gasteiger partial charge in [0.2, 0.25) is 0 Å². The van der Waals surface area contributed by atoms with Crippen molar-refractivity contribution < 1.29 is 14.3 Å². The van der Waals surface area contributed by atoms with Gasteiger partial charge < -0.3 is 4.74 Å². The quantitative estimate of drug-likeness (QED) is 0.338. The molecular weight excluding hydrogens is 419 g/mol. The molecule has 1 amide bonds. The first-order chi connectivity index (χ1) is 11.4. The van der Waals surface area contributed by atoms with Gasteiger partial charge in [0, 0.05) is 22.0 Å². The fourth-order valence-corrected chi connectivity index (χ4v) is 2.64. The number of amides is 1. The average molecular weight is 430 g/mol. The maximum Gasteiger partial charge on any atom is 0.308 e. The third kappa shape index (κ3) is 5.06. The zero-order valence-corrected chi connectivity index (χ0v) is 15.4. The number of ether oxygens (including phenoxy) is 1. The first-order valence-electron chi connectivity index (χ1n) is 6.63. The summed E-state index contributed by atoms with van der Waals surface area (Å²) < 4.78 is 5.85. The Morgan fingerprint density at radius 2 is 1.96 bits per heavy atom. The molecule has 8 heteroatoms. The van der Waals surface area contributed by atoms with Crippen LogP contribution in [0.3, 0.4) is 0 Å². The van der Waals surface area contributed by atoms with Crippen LogP contribution in [-0.4, -0.2) is 18.1 Å². The van der Waals surface area contributed by atoms with Crippen molar-refractivity contribution in [1.82, 2.24) is 5.43 Å². The Bertz CT molecular complexity index is 825. The molecule has 0 fully saturated rings. The highest BCUT2D eigenvalue weighted by molar-refractivity contribution is 9.10. The Labute approximate surface area is 156 Å². The van der Waals surface area contributed by atoms with Crippen LogP contribution in [0.5, 0.6) is 5.75 Å². The van der Waals surface area contributed by atoms with E-state index in [1.165, 1.54) is 25.3 Å². The Morgan fingerprint density at radius 1 is 1.21 bits per heavy atom. The first kappa shape index (κ1) is 18.4. The predicted molar refractivity (Wildman–Crippen MR) is 97.0 cm³/mol. The van der Waals surface area contributed by atoms with Crippen LogP contribution in [0.15, 0.2) is 46.0 Å². The molecule has 24 heavy (non-hydrogen) atoms. The summed E-state index contributed by atoms with van der Waals surface area (Å²) >= 11 is 15.1. The van der Waals surface area contributed by atoms with Crippen LogP contribution in [0.4, 0.5) is 0 Å². The highest BCUT2D eigenvalue weighted by Gasteiger charge is 2.10. The molecule has 0 radical (unpaired) electrons. The topological polar surface area (TPSA) is 67.8 Å². The summed E-state index contributed by atoms with van der Waals surface area (Å²) in [5.74, 6) is -0.617. The van der Waals surface area contributed by atoms with E-state index in [1.807, 2.05) is 0 Å². The van der Waals surface area contributed by atoms with Gasteiger partial charge in [-0.1, -0.05) is 39.1 Å². The smallest absolute Gasteiger partial charge is 0.308 e. The number of carbonyl (C=O) groups is 2. The molecule has 0 aliphatic rings. The third-order valence-corrected chi connectivity index (χ3v) is 3.81. The first-order valence-corrected chi connectivity index (χ1v) is 8.18. The number of nitrogens with zero attached hydrogens (tertiary/aromatic N) is 1. The Balaban J connectivity index is 2.15. The molecule has 1 N–H and O–H groups in total. The summed E-state index contributed by atoms with van der Waals surface area (Å²) in [5, 5.41) is 4.51. The molecular formula is C16H11BrCl2N2O3. The molecule has 2 aromatic carbocycles. The number of hydrogen-bond acceptors (Lipinski definition) is 4. The second kappa shape index (κ2) is 8.28. The lowest BCUT2D eigenvalue weighted by molar-refractivity contribution is -0.131. The fraction of sp³-hybridized carbons (Fsp3) is 0.0625. The van der Waals surface area contributed by atoms with Gasteiger partial charge >= 0.3 is 5.97 Å². The Morgan fingerprint density at radius 3 is 2.62 bits per heavy atom. The highest BCUT2D eigenvalue weighted by Crippen LogP contribution is 2.22. The Hall–Kier alpha value is -1.89. The zero-order chi connectivity index (χ0) is 17.7. The molecule has 0 unspecified atom stereocenters. The molecule has 0 aromatic heterocycles. The Kier molecular flexibility index (Phi) is 6.36. The van der Waals surface area contributed by atoms with Crippen molar-refractivity contribution >= 4 is 57.2 Å². The SMILES string of the molecule is CC(=O)Oc1ccc(Br)cc1/C=N\NC(=O)c1ccc(Cl)cc1Cl. The lowest BCUT2D eigenvalue weighted by Gasteiger charge is -2.06. The number of carbonyl (C=O) groups excluding carboxylic acids is 2. The van der Waals surface area contributed by atoms with E-state index in [2.05, 4.69) is 26.5 Å². The number of esters is 1. The van der Waals surface area contributed by atoms with E-state index in [1.54, 1.807) is 24.3 Å². The number of hydrogen-bond donors (Lipinski definition) is 1. The number of nitrogens with one attached hydrogen (secondary N) is 1. The van der Waals surface area contributed by atoms with E-state index in [0.29, 0.717) is 16.3 Å². The van der Waals surface area contributed by atoms with Crippen LogP contribution < -0.4 is 10.2 Å². The minimum atomic E-state index is -0.489. The summed E-state index contributed by atoms with van der Waals surface area (Å²) in [6.45, 7) is 1.30. The minimum Gasteiger partial charge on any atom is -0.426 e. The highest BCUT2D eigenvalue weighted by atomic mass is 79.9. The predicted octanol–water partition coefficient (Wildman–Crippen LogP) is 4.45. The monoisotopic (exact) mass is 428 g/mol. The largest absolute Gasteiger partial charge is 0.426 e. The van der Waals surface area contributed by atoms with Crippen molar-refractivity contribution in [1.29, 1.82) is 0 Å². The lowest BCUT2D eigenvalue weighted by atomic mass is 10.2. The molecule has 0 saturated carbocycles. The van der Waals surface area contributed by atoms with Gasteiger partial charge in [-0.05, 0) is 36.4 Å². The second-order valence-corrected chi connectivity index (χ2v) is 6.36. The molecule has 0 spiro atoms. The summed E-state index contributed by atoms with van der Waals surface area (Å²) in [4.78, 5) is 23.2. The van der Waals surface area contributed by atoms with Crippen LogP contribution in [-0.2, 0) is 4.79 Å². The van der Waals surface area contributed by atoms with Gasteiger partial charge in [0.25, 0.3) is 5.91 Å². The van der Waals surface area contributed by atoms with Crippen LogP contribution in [0.1, 0.15) is 22.8 Å². The van der Waals surface area contributed by atoms with Gasteiger partial charge in [-0.2, -0.15) is 5.10 Å². The summed E-state index contributed by atoms with van der Waals surface area (Å²) in [6.07, 6.45) is 1.37. The third-order valence-electron chi connectivity index (χ3n) is 2.77.